The number of hydrogen-bond donors (Lipinski definition) is 0. The molecule has 0 aromatic heterocycles. The fraction of sp³-hybridized carbons (Fsp3) is 0.963. The predicted octanol–water partition coefficient (Wildman–Crippen LogP) is 27.6. The van der Waals surface area contributed by atoms with E-state index in [2.05, 4.69) is 277 Å². The molecule has 9 saturated carbocycles. The molecule has 0 aromatic rings. The fourth-order valence-electron chi connectivity index (χ4n) is 18.2. The highest BCUT2D eigenvalue weighted by Crippen LogP contribution is 2.94. The maximum Gasteiger partial charge on any atom is 0.142 e. The number of allylic oxidation sites excluding steroid dienone is 2. The minimum atomic E-state index is 0.183. The van der Waals surface area contributed by atoms with Gasteiger partial charge in [0, 0.05) is 0 Å². The zero-order valence-electron chi connectivity index (χ0n) is 63.6. The summed E-state index contributed by atoms with van der Waals surface area (Å²) >= 11 is 2.08. The van der Waals surface area contributed by atoms with Crippen molar-refractivity contribution >= 4 is 28.4 Å². The number of Topliss-reactive ketones (excluding diaryl/α,β-unsaturated/α-hetero) is 1. The summed E-state index contributed by atoms with van der Waals surface area (Å²) in [5.41, 5.74) is 7.51. The number of halogens is 1. The van der Waals surface area contributed by atoms with Gasteiger partial charge >= 0.3 is 0 Å². The number of carbonyl (C=O) groups excluding carboxylic acids is 1. The number of alkyl halides is 1. The molecule has 10 rings (SSSR count). The lowest BCUT2D eigenvalue weighted by molar-refractivity contribution is -0.193. The second-order valence-electron chi connectivity index (χ2n) is 40.4. The van der Waals surface area contributed by atoms with E-state index in [1.165, 1.54) is 83.5 Å². The molecule has 0 saturated heterocycles. The van der Waals surface area contributed by atoms with Gasteiger partial charge < -0.3 is 0 Å². The zero-order valence-corrected chi connectivity index (χ0v) is 65.8. The summed E-state index contributed by atoms with van der Waals surface area (Å²) in [6.45, 7) is 87.4. The Kier molecular flexibility index (Phi) is 27.1. The van der Waals surface area contributed by atoms with Crippen LogP contribution in [0.2, 0.25) is 0 Å². The lowest BCUT2D eigenvalue weighted by atomic mass is 9.37. The number of carbonyl (C=O) groups is 1. The van der Waals surface area contributed by atoms with Crippen molar-refractivity contribution in [1.29, 1.82) is 0 Å². The number of ketones is 1. The van der Waals surface area contributed by atoms with E-state index in [0.29, 0.717) is 86.6 Å². The average Bonchev–Trinajstić information content (AvgIpc) is 3.72. The minimum Gasteiger partial charge on any atom is -0.299 e. The second kappa shape index (κ2) is 27.7. The van der Waals surface area contributed by atoms with Crippen LogP contribution in [-0.2, 0) is 4.79 Å². The van der Waals surface area contributed by atoms with E-state index in [0.717, 1.165) is 29.6 Å². The van der Waals surface area contributed by atoms with Crippen LogP contribution >= 0.6 is 22.6 Å². The summed E-state index contributed by atoms with van der Waals surface area (Å²) in [7, 11) is 0. The molecule has 0 radical (unpaired) electrons. The van der Waals surface area contributed by atoms with Crippen molar-refractivity contribution in [3.05, 3.63) is 12.2 Å². The Morgan fingerprint density at radius 1 is 0.439 bits per heavy atom. The van der Waals surface area contributed by atoms with Crippen LogP contribution in [0.5, 0.6) is 0 Å². The van der Waals surface area contributed by atoms with E-state index in [-0.39, 0.29) is 9.71 Å². The Balaban J connectivity index is 0.000000478. The van der Waals surface area contributed by atoms with Crippen LogP contribution in [0.25, 0.3) is 0 Å². The molecule has 9 fully saturated rings. The maximum absolute atomic E-state index is 10.1. The highest BCUT2D eigenvalue weighted by molar-refractivity contribution is 14.1. The molecule has 0 amide bonds. The molecule has 2 heteroatoms. The third kappa shape index (κ3) is 18.2. The second-order valence-corrected chi connectivity index (χ2v) is 42.3. The van der Waals surface area contributed by atoms with Crippen LogP contribution in [0.1, 0.15) is 372 Å². The molecule has 6 bridgehead atoms. The Morgan fingerprint density at radius 3 is 0.890 bits per heavy atom. The monoisotopic (exact) mass is 1260 g/mol. The number of hydrogen-bond acceptors (Lipinski definition) is 1. The van der Waals surface area contributed by atoms with Gasteiger partial charge in [0.15, 0.2) is 0 Å². The quantitative estimate of drug-likeness (QED) is 0.145. The van der Waals surface area contributed by atoms with Gasteiger partial charge in [-0.1, -0.05) is 309 Å². The van der Waals surface area contributed by atoms with Crippen LogP contribution in [0, 0.1) is 116 Å². The van der Waals surface area contributed by atoms with E-state index in [1.807, 2.05) is 6.92 Å². The molecular weight excluding hydrogens is 1100 g/mol. The normalized spacial score (nSPS) is 34.4. The third-order valence-electron chi connectivity index (χ3n) is 28.1. The molecule has 82 heavy (non-hydrogen) atoms. The van der Waals surface area contributed by atoms with Crippen LogP contribution in [0.3, 0.4) is 0 Å². The van der Waals surface area contributed by atoms with Crippen LogP contribution in [-0.4, -0.2) is 9.71 Å². The van der Waals surface area contributed by atoms with Gasteiger partial charge in [0.2, 0.25) is 0 Å². The predicted molar refractivity (Wildman–Crippen MR) is 381 cm³/mol. The van der Waals surface area contributed by atoms with Gasteiger partial charge in [-0.2, -0.15) is 0 Å². The molecular formula is C80H155IO. The summed E-state index contributed by atoms with van der Waals surface area (Å²) in [6, 6.07) is 0. The van der Waals surface area contributed by atoms with Crippen molar-refractivity contribution in [3.63, 3.8) is 0 Å². The van der Waals surface area contributed by atoms with E-state index in [1.54, 1.807) is 39.0 Å². The molecule has 2 unspecified atom stereocenters. The minimum absolute atomic E-state index is 0.183. The van der Waals surface area contributed by atoms with Gasteiger partial charge in [-0.15, -0.1) is 0 Å². The zero-order chi connectivity index (χ0) is 65.2. The standard InChI is InChI=1S/C19H36.C12H20.3C9H18.C8H14.2C5H12.C4H7IO/c1-13(2)14(3,4)19(12)16(7,8)15(5,6)18(13,11)17(19,9)10;1-12(2)10-4-8-3-9(6-10)7-11(12)5-8;2*1-8(2)6-5-7-9(8,3)4;1-8-6-4-5-7-9(8,2)3;1-8(2)6-4-3-5-7-8;2*1-5(2,3)4;1-3(5)4(2)6/h1-12H3;8-11H,3-7H2,1-2H3;2*5-7H2,1-4H3;8H,4-7H2,1-3H3;4,6H,3,5,7H2,1-2H3;2*1-4H3;3H,1-2H3. The van der Waals surface area contributed by atoms with Gasteiger partial charge in [-0.05, 0) is 214 Å². The smallest absolute Gasteiger partial charge is 0.142 e. The Labute approximate surface area is 533 Å². The summed E-state index contributed by atoms with van der Waals surface area (Å²) in [5.74, 6) is 5.66. The first-order valence-corrected chi connectivity index (χ1v) is 36.1. The molecule has 0 aliphatic heterocycles. The van der Waals surface area contributed by atoms with Crippen molar-refractivity contribution < 1.29 is 4.79 Å². The Morgan fingerprint density at radius 2 is 0.732 bits per heavy atom. The Bertz CT molecular complexity index is 1800. The molecule has 0 spiro atoms. The third-order valence-corrected chi connectivity index (χ3v) is 29.0. The van der Waals surface area contributed by atoms with E-state index in [4.69, 9.17) is 0 Å². The molecule has 10 aliphatic carbocycles. The molecule has 10 aliphatic rings. The van der Waals surface area contributed by atoms with Crippen molar-refractivity contribution in [2.75, 3.05) is 0 Å². The van der Waals surface area contributed by atoms with Gasteiger partial charge in [0.05, 0.1) is 3.92 Å². The van der Waals surface area contributed by atoms with Gasteiger partial charge in [0.25, 0.3) is 0 Å². The summed E-state index contributed by atoms with van der Waals surface area (Å²) in [4.78, 5) is 10.1. The Hall–Kier alpha value is 0.140. The van der Waals surface area contributed by atoms with Gasteiger partial charge in [0.1, 0.15) is 5.78 Å². The average molecular weight is 1260 g/mol. The highest BCUT2D eigenvalue weighted by Gasteiger charge is 2.89. The lowest BCUT2D eigenvalue weighted by Gasteiger charge is -2.67. The number of fused-ring (bicyclic) bond motifs is 2. The van der Waals surface area contributed by atoms with Crippen molar-refractivity contribution in [1.82, 2.24) is 0 Å². The molecule has 0 heterocycles. The van der Waals surface area contributed by atoms with E-state index < -0.39 is 0 Å². The van der Waals surface area contributed by atoms with Crippen molar-refractivity contribution in [3.8, 4) is 0 Å². The fourth-order valence-corrected chi connectivity index (χ4v) is 18.2. The summed E-state index contributed by atoms with van der Waals surface area (Å²) < 4.78 is 0.183. The van der Waals surface area contributed by atoms with E-state index >= 15 is 0 Å². The SMILES string of the molecule is CC(=O)C(C)I.CC(C)(C)C.CC(C)(C)C.CC1(C)C(C)(C)C2(C)C(C)(C)C(C)(C)C1(C)C2(C)C.CC1(C)C2CC3CC(C2)CC1C3.CC1(C)C=CCCC1.CC1(C)CCCC1(C)C.CC1(C)CCCC1(C)C.CC1CCCCC1(C)C. The van der Waals surface area contributed by atoms with Crippen LogP contribution in [0.15, 0.2) is 12.2 Å². The number of rotatable bonds is 1. The summed E-state index contributed by atoms with van der Waals surface area (Å²) in [5, 5.41) is 0. The molecule has 1 nitrogen and oxygen atoms in total. The van der Waals surface area contributed by atoms with Gasteiger partial charge in [-0.25, -0.2) is 0 Å². The van der Waals surface area contributed by atoms with E-state index in [9.17, 15) is 4.79 Å². The molecule has 0 aromatic carbocycles. The maximum atomic E-state index is 10.1. The topological polar surface area (TPSA) is 17.1 Å². The van der Waals surface area contributed by atoms with Crippen LogP contribution < -0.4 is 0 Å². The van der Waals surface area contributed by atoms with Crippen LogP contribution in [0.4, 0.5) is 0 Å². The molecule has 0 N–H and O–H groups in total. The lowest BCUT2D eigenvalue weighted by Crippen LogP contribution is -2.61. The first-order chi connectivity index (χ1) is 36.1. The van der Waals surface area contributed by atoms with Crippen molar-refractivity contribution in [2.45, 2.75) is 376 Å². The summed E-state index contributed by atoms with van der Waals surface area (Å²) in [6.07, 6.45) is 30.9. The molecule has 2 atom stereocenters. The first kappa shape index (κ1) is 80.2. The van der Waals surface area contributed by atoms with Crippen molar-refractivity contribution in [2.24, 2.45) is 116 Å². The highest BCUT2D eigenvalue weighted by atomic mass is 127. The largest absolute Gasteiger partial charge is 0.299 e. The molecule has 488 valence electrons. The first-order valence-electron chi connectivity index (χ1n) is 34.9. The van der Waals surface area contributed by atoms with Gasteiger partial charge in [-0.3, -0.25) is 4.79 Å².